The van der Waals surface area contributed by atoms with Crippen LogP contribution in [0, 0.1) is 0 Å². The number of hydrogen-bond donors (Lipinski definition) is 5. The van der Waals surface area contributed by atoms with E-state index in [1.54, 1.807) is 0 Å². The van der Waals surface area contributed by atoms with Crippen LogP contribution in [0.5, 0.6) is 0 Å². The number of carboxylic acid groups (broad SMARTS) is 3. The molecule has 9 heteroatoms. The Balaban J connectivity index is -0.0000000432. The van der Waals surface area contributed by atoms with Crippen molar-refractivity contribution < 1.29 is 34.5 Å². The topological polar surface area (TPSA) is 181 Å². The van der Waals surface area contributed by atoms with Gasteiger partial charge in [-0.15, -0.1) is 0 Å². The first-order chi connectivity index (χ1) is 8.52. The van der Waals surface area contributed by atoms with E-state index in [9.17, 15) is 0 Å². The molecule has 116 valence electrons. The first-order valence-electron chi connectivity index (χ1n) is 4.91. The third-order valence-corrected chi connectivity index (χ3v) is 0.167. The molecule has 0 spiro atoms. The summed E-state index contributed by atoms with van der Waals surface area (Å²) in [7, 11) is 0. The highest BCUT2D eigenvalue weighted by atomic mass is 16.4. The lowest BCUT2D eigenvalue weighted by molar-refractivity contribution is -0.135. The minimum Gasteiger partial charge on any atom is -0.481 e. The van der Waals surface area contributed by atoms with Crippen molar-refractivity contribution in [1.29, 1.82) is 0 Å². The fourth-order valence-electron chi connectivity index (χ4n) is 0. The summed E-state index contributed by atoms with van der Waals surface area (Å²) in [6.07, 6.45) is 0.750. The number of nitrogens with two attached hydrogens (primary N) is 2. The van der Waals surface area contributed by atoms with E-state index in [1.807, 2.05) is 0 Å². The van der Waals surface area contributed by atoms with Crippen molar-refractivity contribution >= 4 is 24.2 Å². The summed E-state index contributed by atoms with van der Waals surface area (Å²) in [5.41, 5.74) is 9.81. The molecule has 0 heterocycles. The second-order valence-electron chi connectivity index (χ2n) is 2.37. The number of aliphatic carboxylic acids is 3. The monoisotopic (exact) mass is 284 g/mol. The van der Waals surface area contributed by atoms with Crippen LogP contribution in [0.3, 0.4) is 0 Å². The van der Waals surface area contributed by atoms with Gasteiger partial charge in [-0.2, -0.15) is 0 Å². The summed E-state index contributed by atoms with van der Waals surface area (Å²) >= 11 is 0. The van der Waals surface area contributed by atoms with E-state index in [2.05, 4.69) is 0 Å². The summed E-state index contributed by atoms with van der Waals surface area (Å²) in [4.78, 5) is 35.8. The fourth-order valence-corrected chi connectivity index (χ4v) is 0. The van der Waals surface area contributed by atoms with Crippen LogP contribution in [-0.4, -0.2) is 52.6 Å². The maximum atomic E-state index is 9.00. The Kier molecular flexibility index (Phi) is 57.3. The minimum absolute atomic E-state index is 0.597. The van der Waals surface area contributed by atoms with Gasteiger partial charge in [0.25, 0.3) is 17.9 Å². The maximum Gasteiger partial charge on any atom is 0.300 e. The second kappa shape index (κ2) is 36.0. The maximum absolute atomic E-state index is 9.00. The molecule has 0 rings (SSSR count). The zero-order valence-electron chi connectivity index (χ0n) is 11.6. The van der Waals surface area contributed by atoms with Gasteiger partial charge < -0.3 is 31.6 Å². The molecule has 9 nitrogen and oxygen atoms in total. The second-order valence-corrected chi connectivity index (χ2v) is 2.37. The molecule has 0 aromatic heterocycles. The molecule has 0 radical (unpaired) electrons. The molecule has 0 saturated heterocycles. The molecule has 0 fully saturated rings. The first-order valence-corrected chi connectivity index (χ1v) is 4.91. The van der Waals surface area contributed by atoms with E-state index in [0.717, 1.165) is 27.1 Å². The molecule has 0 atom stereocenters. The van der Waals surface area contributed by atoms with Crippen LogP contribution in [0.1, 0.15) is 27.7 Å². The van der Waals surface area contributed by atoms with Gasteiger partial charge in [0.2, 0.25) is 0 Å². The van der Waals surface area contributed by atoms with Crippen LogP contribution in [0.4, 0.5) is 0 Å². The molecular formula is C10H24N2O7. The van der Waals surface area contributed by atoms with Gasteiger partial charge in [0, 0.05) is 33.9 Å². The number of carboxylic acids is 3. The van der Waals surface area contributed by atoms with Gasteiger partial charge in [-0.25, -0.2) is 0 Å². The number of rotatable bonds is 1. The number of carbonyl (C=O) groups excluding carboxylic acids is 1. The van der Waals surface area contributed by atoms with Crippen LogP contribution in [0.25, 0.3) is 0 Å². The highest BCUT2D eigenvalue weighted by Crippen LogP contribution is 1.42. The Bertz CT molecular complexity index is 177. The van der Waals surface area contributed by atoms with Gasteiger partial charge in [-0.3, -0.25) is 14.4 Å². The van der Waals surface area contributed by atoms with Crippen LogP contribution in [0.2, 0.25) is 0 Å². The van der Waals surface area contributed by atoms with E-state index in [0.29, 0.717) is 13.1 Å². The van der Waals surface area contributed by atoms with Crippen LogP contribution >= 0.6 is 0 Å². The zero-order valence-corrected chi connectivity index (χ0v) is 11.6. The number of carbonyl (C=O) groups is 4. The molecule has 0 saturated carbocycles. The molecular weight excluding hydrogens is 260 g/mol. The van der Waals surface area contributed by atoms with Crippen molar-refractivity contribution in [2.45, 2.75) is 27.7 Å². The van der Waals surface area contributed by atoms with E-state index in [4.69, 9.17) is 46.0 Å². The highest BCUT2D eigenvalue weighted by molar-refractivity contribution is 5.63. The lowest BCUT2D eigenvalue weighted by atomic mass is 10.7. The summed E-state index contributed by atoms with van der Waals surface area (Å²) in [5.74, 6) is -2.50. The summed E-state index contributed by atoms with van der Waals surface area (Å²) < 4.78 is 0. The van der Waals surface area contributed by atoms with Gasteiger partial charge >= 0.3 is 0 Å². The van der Waals surface area contributed by atoms with Gasteiger partial charge in [0.15, 0.2) is 0 Å². The fraction of sp³-hybridized carbons (Fsp3) is 0.600. The highest BCUT2D eigenvalue weighted by Gasteiger charge is 1.66. The largest absolute Gasteiger partial charge is 0.481 e. The van der Waals surface area contributed by atoms with Gasteiger partial charge in [-0.05, 0) is 6.92 Å². The Morgan fingerprint density at radius 3 is 0.895 bits per heavy atom. The lowest BCUT2D eigenvalue weighted by Crippen LogP contribution is -2.11. The van der Waals surface area contributed by atoms with Crippen molar-refractivity contribution in [1.82, 2.24) is 0 Å². The molecule has 0 aliphatic heterocycles. The van der Waals surface area contributed by atoms with Crippen molar-refractivity contribution in [2.75, 3.05) is 13.1 Å². The van der Waals surface area contributed by atoms with Gasteiger partial charge in [0.05, 0.1) is 0 Å². The van der Waals surface area contributed by atoms with Crippen molar-refractivity contribution in [3.8, 4) is 0 Å². The molecule has 19 heavy (non-hydrogen) atoms. The Hall–Kier alpha value is -2.00. The molecule has 0 aromatic carbocycles. The molecule has 0 aliphatic rings. The Morgan fingerprint density at radius 1 is 0.842 bits per heavy atom. The molecule has 7 N–H and O–H groups in total. The Morgan fingerprint density at radius 2 is 0.895 bits per heavy atom. The van der Waals surface area contributed by atoms with Crippen molar-refractivity contribution in [3.05, 3.63) is 0 Å². The Labute approximate surface area is 112 Å². The predicted octanol–water partition coefficient (Wildman–Crippen LogP) is -0.618. The van der Waals surface area contributed by atoms with Crippen LogP contribution in [0.15, 0.2) is 0 Å². The van der Waals surface area contributed by atoms with Crippen molar-refractivity contribution in [3.63, 3.8) is 0 Å². The molecule has 0 amide bonds. The number of hydrogen-bond acceptors (Lipinski definition) is 6. The minimum atomic E-state index is -0.833. The third-order valence-electron chi connectivity index (χ3n) is 0.167. The molecule has 0 aliphatic carbocycles. The van der Waals surface area contributed by atoms with E-state index < -0.39 is 17.9 Å². The lowest BCUT2D eigenvalue weighted by Gasteiger charge is -1.72. The zero-order chi connectivity index (χ0) is 16.9. The van der Waals surface area contributed by atoms with E-state index in [-0.39, 0.29) is 0 Å². The average Bonchev–Trinajstić information content (AvgIpc) is 2.15. The van der Waals surface area contributed by atoms with Crippen LogP contribution in [-0.2, 0) is 19.2 Å². The third kappa shape index (κ3) is 3140. The van der Waals surface area contributed by atoms with E-state index >= 15 is 0 Å². The van der Waals surface area contributed by atoms with Crippen LogP contribution < -0.4 is 11.5 Å². The first kappa shape index (κ1) is 30.2. The number of aldehydes is 1. The standard InChI is InChI=1S/C2H8N2.3C2H4O2.C2H4O/c3-1-2-4;3*1-2(3)4;1-2-3/h1-4H2;3*1H3,(H,3,4);2H,1H3. The quantitative estimate of drug-likeness (QED) is 0.392. The van der Waals surface area contributed by atoms with Gasteiger partial charge in [0.1, 0.15) is 6.29 Å². The van der Waals surface area contributed by atoms with E-state index in [1.165, 1.54) is 6.92 Å². The predicted molar refractivity (Wildman–Crippen MR) is 69.8 cm³/mol. The molecule has 0 bridgehead atoms. The normalized spacial score (nSPS) is 6.21. The molecule has 0 aromatic rings. The van der Waals surface area contributed by atoms with Gasteiger partial charge in [-0.1, -0.05) is 0 Å². The summed E-state index contributed by atoms with van der Waals surface area (Å²) in [6.45, 7) is 5.89. The van der Waals surface area contributed by atoms with Crippen molar-refractivity contribution in [2.24, 2.45) is 11.5 Å². The summed E-state index contributed by atoms with van der Waals surface area (Å²) in [5, 5.41) is 22.2. The molecule has 0 unspecified atom stereocenters. The summed E-state index contributed by atoms with van der Waals surface area (Å²) in [6, 6.07) is 0. The SMILES string of the molecule is CC(=O)O.CC(=O)O.CC(=O)O.CC=O.NCCN. The average molecular weight is 284 g/mol. The smallest absolute Gasteiger partial charge is 0.300 e.